The molecule has 0 aromatic carbocycles. The van der Waals surface area contributed by atoms with Crippen LogP contribution in [0, 0.1) is 12.3 Å². The highest BCUT2D eigenvalue weighted by molar-refractivity contribution is 6.05. The molecular weight excluding hydrogens is 166 g/mol. The van der Waals surface area contributed by atoms with Gasteiger partial charge in [0, 0.05) is 12.5 Å². The Morgan fingerprint density at radius 3 is 2.69 bits per heavy atom. The Hall–Kier alpha value is -1.30. The van der Waals surface area contributed by atoms with Crippen LogP contribution in [0.25, 0.3) is 0 Å². The van der Waals surface area contributed by atoms with E-state index in [4.69, 9.17) is 6.42 Å². The van der Waals surface area contributed by atoms with Crippen molar-refractivity contribution in [2.75, 3.05) is 6.54 Å². The fourth-order valence-electron chi connectivity index (χ4n) is 1.55. The third kappa shape index (κ3) is 2.09. The Kier molecular flexibility index (Phi) is 3.07. The van der Waals surface area contributed by atoms with Crippen molar-refractivity contribution < 1.29 is 9.59 Å². The van der Waals surface area contributed by atoms with Crippen molar-refractivity contribution in [2.24, 2.45) is 0 Å². The number of rotatable bonds is 3. The normalized spacial score (nSPS) is 18.9. The number of nitrogens with zero attached hydrogens (tertiary/aromatic N) is 1. The lowest BCUT2D eigenvalue weighted by Gasteiger charge is -2.23. The van der Waals surface area contributed by atoms with E-state index in [1.165, 1.54) is 0 Å². The average Bonchev–Trinajstić information content (AvgIpc) is 2.41. The van der Waals surface area contributed by atoms with E-state index in [0.717, 1.165) is 6.42 Å². The van der Waals surface area contributed by atoms with E-state index in [0.29, 0.717) is 6.42 Å². The molecule has 1 atom stereocenters. The topological polar surface area (TPSA) is 37.4 Å². The third-order valence-corrected chi connectivity index (χ3v) is 2.28. The van der Waals surface area contributed by atoms with Crippen molar-refractivity contribution in [1.29, 1.82) is 0 Å². The van der Waals surface area contributed by atoms with Gasteiger partial charge in [-0.1, -0.05) is 6.92 Å². The molecular formula is C10H13NO2. The van der Waals surface area contributed by atoms with Crippen molar-refractivity contribution in [3.63, 3.8) is 0 Å². The van der Waals surface area contributed by atoms with Crippen LogP contribution in [0.3, 0.4) is 0 Å². The van der Waals surface area contributed by atoms with Crippen LogP contribution in [0.5, 0.6) is 0 Å². The minimum Gasteiger partial charge on any atom is -0.331 e. The molecule has 1 heterocycles. The van der Waals surface area contributed by atoms with Gasteiger partial charge in [0.05, 0.1) is 13.0 Å². The van der Waals surface area contributed by atoms with Crippen LogP contribution >= 0.6 is 0 Å². The van der Waals surface area contributed by atoms with Crippen molar-refractivity contribution >= 4 is 11.7 Å². The minimum atomic E-state index is -0.0768. The van der Waals surface area contributed by atoms with E-state index in [2.05, 4.69) is 5.92 Å². The Balaban J connectivity index is 2.64. The summed E-state index contributed by atoms with van der Waals surface area (Å²) in [6.45, 7) is 2.22. The first-order valence-electron chi connectivity index (χ1n) is 4.43. The fraction of sp³-hybridized carbons (Fsp3) is 0.600. The van der Waals surface area contributed by atoms with E-state index in [-0.39, 0.29) is 30.7 Å². The number of ketones is 1. The molecule has 1 saturated heterocycles. The third-order valence-electron chi connectivity index (χ3n) is 2.28. The molecule has 13 heavy (non-hydrogen) atoms. The summed E-state index contributed by atoms with van der Waals surface area (Å²) in [7, 11) is 0. The second-order valence-electron chi connectivity index (χ2n) is 3.21. The molecule has 1 aliphatic rings. The molecule has 0 saturated carbocycles. The van der Waals surface area contributed by atoms with Crippen LogP contribution in [0.4, 0.5) is 0 Å². The van der Waals surface area contributed by atoms with Gasteiger partial charge in [0.15, 0.2) is 5.78 Å². The Morgan fingerprint density at radius 1 is 1.62 bits per heavy atom. The standard InChI is InChI=1S/C10H13NO2/c1-3-5-8(4-2)11-7-9(12)6-10(11)13/h1,8H,4-7H2,2H3. The summed E-state index contributed by atoms with van der Waals surface area (Å²) in [5, 5.41) is 0. The summed E-state index contributed by atoms with van der Waals surface area (Å²) in [5.41, 5.74) is 0. The van der Waals surface area contributed by atoms with Crippen molar-refractivity contribution in [2.45, 2.75) is 32.2 Å². The maximum atomic E-state index is 11.3. The van der Waals surface area contributed by atoms with Crippen LogP contribution in [0.1, 0.15) is 26.2 Å². The van der Waals surface area contributed by atoms with Gasteiger partial charge in [-0.3, -0.25) is 9.59 Å². The predicted molar refractivity (Wildman–Crippen MR) is 48.9 cm³/mol. The minimum absolute atomic E-state index is 0.000437. The van der Waals surface area contributed by atoms with Crippen molar-refractivity contribution in [3.05, 3.63) is 0 Å². The molecule has 0 N–H and O–H groups in total. The van der Waals surface area contributed by atoms with Gasteiger partial charge in [-0.25, -0.2) is 0 Å². The second kappa shape index (κ2) is 4.08. The molecule has 0 spiro atoms. The first kappa shape index (κ1) is 9.79. The summed E-state index contributed by atoms with van der Waals surface area (Å²) >= 11 is 0. The number of hydrogen-bond acceptors (Lipinski definition) is 2. The van der Waals surface area contributed by atoms with Crippen molar-refractivity contribution in [1.82, 2.24) is 4.90 Å². The maximum absolute atomic E-state index is 11.3. The first-order chi connectivity index (χ1) is 6.19. The molecule has 70 valence electrons. The monoisotopic (exact) mass is 179 g/mol. The maximum Gasteiger partial charge on any atom is 0.230 e. The van der Waals surface area contributed by atoms with Gasteiger partial charge in [0.25, 0.3) is 0 Å². The van der Waals surface area contributed by atoms with Crippen LogP contribution in [-0.4, -0.2) is 29.2 Å². The SMILES string of the molecule is C#CCC(CC)N1CC(=O)CC1=O. The molecule has 0 aromatic heterocycles. The molecule has 1 fully saturated rings. The predicted octanol–water partition coefficient (Wildman–Crippen LogP) is 0.590. The quantitative estimate of drug-likeness (QED) is 0.469. The number of amides is 1. The van der Waals surface area contributed by atoms with Gasteiger partial charge >= 0.3 is 0 Å². The van der Waals surface area contributed by atoms with Gasteiger partial charge in [-0.2, -0.15) is 0 Å². The molecule has 0 aliphatic carbocycles. The van der Waals surface area contributed by atoms with E-state index in [1.807, 2.05) is 6.92 Å². The molecule has 1 amide bonds. The molecule has 3 nitrogen and oxygen atoms in total. The van der Waals surface area contributed by atoms with Crippen LogP contribution in [-0.2, 0) is 9.59 Å². The van der Waals surface area contributed by atoms with Gasteiger partial charge < -0.3 is 4.90 Å². The van der Waals surface area contributed by atoms with Gasteiger partial charge in [0.2, 0.25) is 5.91 Å². The van der Waals surface area contributed by atoms with E-state index < -0.39 is 0 Å². The lowest BCUT2D eigenvalue weighted by Crippen LogP contribution is -2.35. The lowest BCUT2D eigenvalue weighted by molar-refractivity contribution is -0.129. The van der Waals surface area contributed by atoms with Crippen LogP contribution in [0.15, 0.2) is 0 Å². The molecule has 1 rings (SSSR count). The largest absolute Gasteiger partial charge is 0.331 e. The summed E-state index contributed by atoms with van der Waals surface area (Å²) in [4.78, 5) is 23.9. The van der Waals surface area contributed by atoms with Gasteiger partial charge in [-0.15, -0.1) is 12.3 Å². The second-order valence-corrected chi connectivity index (χ2v) is 3.21. The molecule has 0 bridgehead atoms. The Bertz CT molecular complexity index is 265. The number of hydrogen-bond donors (Lipinski definition) is 0. The number of carbonyl (C=O) groups excluding carboxylic acids is 2. The smallest absolute Gasteiger partial charge is 0.230 e. The average molecular weight is 179 g/mol. The first-order valence-corrected chi connectivity index (χ1v) is 4.43. The van der Waals surface area contributed by atoms with Crippen molar-refractivity contribution in [3.8, 4) is 12.3 Å². The summed E-state index contributed by atoms with van der Waals surface area (Å²) < 4.78 is 0. The zero-order chi connectivity index (χ0) is 9.84. The number of carbonyl (C=O) groups is 2. The highest BCUT2D eigenvalue weighted by atomic mass is 16.2. The lowest BCUT2D eigenvalue weighted by atomic mass is 10.1. The van der Waals surface area contributed by atoms with Gasteiger partial charge in [-0.05, 0) is 6.42 Å². The Labute approximate surface area is 78.1 Å². The van der Waals surface area contributed by atoms with Crippen LogP contribution in [0.2, 0.25) is 0 Å². The summed E-state index contributed by atoms with van der Waals surface area (Å²) in [5.74, 6) is 2.45. The zero-order valence-corrected chi connectivity index (χ0v) is 7.75. The molecule has 0 radical (unpaired) electrons. The molecule has 3 heteroatoms. The molecule has 0 aromatic rings. The van der Waals surface area contributed by atoms with Gasteiger partial charge in [0.1, 0.15) is 0 Å². The van der Waals surface area contributed by atoms with Crippen LogP contribution < -0.4 is 0 Å². The van der Waals surface area contributed by atoms with E-state index >= 15 is 0 Å². The number of terminal acetylenes is 1. The highest BCUT2D eigenvalue weighted by Crippen LogP contribution is 2.15. The molecule has 1 unspecified atom stereocenters. The summed E-state index contributed by atoms with van der Waals surface area (Å²) in [6, 6.07) is 0.0453. The zero-order valence-electron chi connectivity index (χ0n) is 7.75. The highest BCUT2D eigenvalue weighted by Gasteiger charge is 2.31. The number of likely N-dealkylation sites (tertiary alicyclic amines) is 1. The molecule has 1 aliphatic heterocycles. The van der Waals surface area contributed by atoms with E-state index in [9.17, 15) is 9.59 Å². The number of Topliss-reactive ketones (excluding diaryl/α,β-unsaturated/α-hetero) is 1. The van der Waals surface area contributed by atoms with E-state index in [1.54, 1.807) is 4.90 Å². The Morgan fingerprint density at radius 2 is 2.31 bits per heavy atom. The fourth-order valence-corrected chi connectivity index (χ4v) is 1.55. The summed E-state index contributed by atoms with van der Waals surface area (Å²) in [6.07, 6.45) is 6.58.